The van der Waals surface area contributed by atoms with E-state index in [-0.39, 0.29) is 11.5 Å². The van der Waals surface area contributed by atoms with E-state index in [1.54, 1.807) is 31.2 Å². The molecule has 1 N–H and O–H groups in total. The van der Waals surface area contributed by atoms with Crippen molar-refractivity contribution in [2.45, 2.75) is 25.9 Å². The van der Waals surface area contributed by atoms with Crippen LogP contribution in [0.2, 0.25) is 5.02 Å². The van der Waals surface area contributed by atoms with Gasteiger partial charge in [0.1, 0.15) is 9.84 Å². The molecule has 1 rings (SSSR count). The molecule has 0 bridgehead atoms. The van der Waals surface area contributed by atoms with Crippen LogP contribution in [0, 0.1) is 0 Å². The van der Waals surface area contributed by atoms with E-state index in [1.165, 1.54) is 0 Å². The molecule has 0 amide bonds. The highest BCUT2D eigenvalue weighted by Gasteiger charge is 2.13. The van der Waals surface area contributed by atoms with E-state index in [0.717, 1.165) is 0 Å². The first-order valence-corrected chi connectivity index (χ1v) is 7.79. The summed E-state index contributed by atoms with van der Waals surface area (Å²) in [4.78, 5) is 0. The van der Waals surface area contributed by atoms with Gasteiger partial charge in [0.2, 0.25) is 0 Å². The van der Waals surface area contributed by atoms with E-state index in [1.807, 2.05) is 0 Å². The average molecular weight is 277 g/mol. The molecule has 0 spiro atoms. The summed E-state index contributed by atoms with van der Waals surface area (Å²) < 4.78 is 22.6. The second-order valence-electron chi connectivity index (χ2n) is 3.92. The Labute approximate surface area is 107 Å². The number of hydrogen-bond donors (Lipinski definition) is 1. The fraction of sp³-hybridized carbons (Fsp3) is 0.500. The predicted molar refractivity (Wildman–Crippen MR) is 70.0 cm³/mol. The number of benzene rings is 1. The minimum atomic E-state index is -2.95. The molecule has 0 aliphatic heterocycles. The summed E-state index contributed by atoms with van der Waals surface area (Å²) in [5.41, 5.74) is 0.656. The van der Waals surface area contributed by atoms with Gasteiger partial charge < -0.3 is 5.11 Å². The first-order chi connectivity index (χ1) is 7.96. The highest BCUT2D eigenvalue weighted by atomic mass is 35.5. The van der Waals surface area contributed by atoms with E-state index in [9.17, 15) is 13.5 Å². The van der Waals surface area contributed by atoms with Crippen LogP contribution in [0.1, 0.15) is 31.4 Å². The third-order valence-electron chi connectivity index (χ3n) is 2.64. The van der Waals surface area contributed by atoms with Gasteiger partial charge in [0.25, 0.3) is 0 Å². The van der Waals surface area contributed by atoms with E-state index < -0.39 is 15.9 Å². The van der Waals surface area contributed by atoms with Gasteiger partial charge in [-0.25, -0.2) is 8.42 Å². The van der Waals surface area contributed by atoms with Gasteiger partial charge in [-0.05, 0) is 24.5 Å². The zero-order valence-electron chi connectivity index (χ0n) is 9.77. The number of aliphatic hydroxyl groups is 1. The molecule has 1 atom stereocenters. The Balaban J connectivity index is 2.51. The lowest BCUT2D eigenvalue weighted by atomic mass is 10.1. The van der Waals surface area contributed by atoms with E-state index in [4.69, 9.17) is 11.6 Å². The number of sulfone groups is 1. The quantitative estimate of drug-likeness (QED) is 0.869. The van der Waals surface area contributed by atoms with Gasteiger partial charge >= 0.3 is 0 Å². The Morgan fingerprint density at radius 1 is 1.35 bits per heavy atom. The van der Waals surface area contributed by atoms with Crippen molar-refractivity contribution in [3.8, 4) is 0 Å². The molecule has 0 radical (unpaired) electrons. The van der Waals surface area contributed by atoms with Crippen molar-refractivity contribution in [3.63, 3.8) is 0 Å². The monoisotopic (exact) mass is 276 g/mol. The summed E-state index contributed by atoms with van der Waals surface area (Å²) in [6, 6.07) is 7.05. The van der Waals surface area contributed by atoms with Crippen molar-refractivity contribution in [1.29, 1.82) is 0 Å². The second-order valence-corrected chi connectivity index (χ2v) is 6.80. The van der Waals surface area contributed by atoms with Gasteiger partial charge in [0.05, 0.1) is 11.9 Å². The Morgan fingerprint density at radius 2 is 2.00 bits per heavy atom. The van der Waals surface area contributed by atoms with Gasteiger partial charge in [-0.1, -0.05) is 36.7 Å². The van der Waals surface area contributed by atoms with Crippen molar-refractivity contribution < 1.29 is 13.5 Å². The largest absolute Gasteiger partial charge is 0.388 e. The minimum absolute atomic E-state index is 0.116. The Hall–Kier alpha value is -0.580. The second kappa shape index (κ2) is 6.38. The lowest BCUT2D eigenvalue weighted by molar-refractivity contribution is 0.167. The maximum atomic E-state index is 11.3. The van der Waals surface area contributed by atoms with Gasteiger partial charge in [-0.3, -0.25) is 0 Å². The first kappa shape index (κ1) is 14.5. The average Bonchev–Trinajstić information content (AvgIpc) is 2.29. The van der Waals surface area contributed by atoms with Gasteiger partial charge in [-0.2, -0.15) is 0 Å². The van der Waals surface area contributed by atoms with Crippen molar-refractivity contribution in [2.75, 3.05) is 11.5 Å². The topological polar surface area (TPSA) is 54.4 Å². The van der Waals surface area contributed by atoms with E-state index in [0.29, 0.717) is 23.4 Å². The summed E-state index contributed by atoms with van der Waals surface area (Å²) in [5.74, 6) is 0.264. The third kappa shape index (κ3) is 4.66. The van der Waals surface area contributed by atoms with Crippen molar-refractivity contribution in [3.05, 3.63) is 34.9 Å². The number of hydrogen-bond acceptors (Lipinski definition) is 3. The molecule has 0 fully saturated rings. The lowest BCUT2D eigenvalue weighted by Gasteiger charge is -2.12. The van der Waals surface area contributed by atoms with E-state index >= 15 is 0 Å². The van der Waals surface area contributed by atoms with Crippen molar-refractivity contribution in [1.82, 2.24) is 0 Å². The highest BCUT2D eigenvalue weighted by Crippen LogP contribution is 2.25. The molecule has 1 unspecified atom stereocenters. The molecule has 0 aliphatic carbocycles. The predicted octanol–water partition coefficient (Wildman–Crippen LogP) is 2.59. The zero-order valence-corrected chi connectivity index (χ0v) is 11.3. The normalized spacial score (nSPS) is 13.6. The van der Waals surface area contributed by atoms with Crippen LogP contribution in [0.5, 0.6) is 0 Å². The molecule has 0 heterocycles. The standard InChI is InChI=1S/C12H17ClO3S/c1-2-17(15,16)9-5-8-12(14)10-6-3-4-7-11(10)13/h3-4,6-7,12,14H,2,5,8-9H2,1H3. The summed E-state index contributed by atoms with van der Waals surface area (Å²) in [7, 11) is -2.95. The molecule has 17 heavy (non-hydrogen) atoms. The molecule has 0 aliphatic rings. The number of aliphatic hydroxyl groups excluding tert-OH is 1. The van der Waals surface area contributed by atoms with Gasteiger partial charge in [0, 0.05) is 10.8 Å². The summed E-state index contributed by atoms with van der Waals surface area (Å²) in [6.45, 7) is 1.62. The third-order valence-corrected chi connectivity index (χ3v) is 4.77. The molecule has 0 saturated heterocycles. The fourth-order valence-corrected chi connectivity index (χ4v) is 2.70. The summed E-state index contributed by atoms with van der Waals surface area (Å²) >= 11 is 5.94. The van der Waals surface area contributed by atoms with Crippen LogP contribution in [0.4, 0.5) is 0 Å². The Kier molecular flexibility index (Phi) is 5.43. The Bertz CT molecular complexity index is 457. The summed E-state index contributed by atoms with van der Waals surface area (Å²) in [5, 5.41) is 10.4. The first-order valence-electron chi connectivity index (χ1n) is 5.59. The minimum Gasteiger partial charge on any atom is -0.388 e. The molecule has 1 aromatic carbocycles. The van der Waals surface area contributed by atoms with Crippen LogP contribution in [0.15, 0.2) is 24.3 Å². The SMILES string of the molecule is CCS(=O)(=O)CCCC(O)c1ccccc1Cl. The molecule has 5 heteroatoms. The van der Waals surface area contributed by atoms with Crippen LogP contribution in [-0.2, 0) is 9.84 Å². The number of halogens is 1. The molecular weight excluding hydrogens is 260 g/mol. The molecular formula is C12H17ClO3S. The molecule has 96 valence electrons. The van der Waals surface area contributed by atoms with Crippen molar-refractivity contribution in [2.24, 2.45) is 0 Å². The molecule has 1 aromatic rings. The number of rotatable bonds is 6. The van der Waals surface area contributed by atoms with Gasteiger partial charge in [-0.15, -0.1) is 0 Å². The lowest BCUT2D eigenvalue weighted by Crippen LogP contribution is -2.10. The molecule has 0 saturated carbocycles. The molecule has 0 aromatic heterocycles. The smallest absolute Gasteiger partial charge is 0.150 e. The summed E-state index contributed by atoms with van der Waals surface area (Å²) in [6.07, 6.45) is 0.154. The maximum absolute atomic E-state index is 11.3. The maximum Gasteiger partial charge on any atom is 0.150 e. The van der Waals surface area contributed by atoms with Crippen LogP contribution in [0.3, 0.4) is 0 Å². The zero-order chi connectivity index (χ0) is 12.9. The van der Waals surface area contributed by atoms with Crippen molar-refractivity contribution >= 4 is 21.4 Å². The van der Waals surface area contributed by atoms with Crippen LogP contribution >= 0.6 is 11.6 Å². The van der Waals surface area contributed by atoms with Crippen LogP contribution < -0.4 is 0 Å². The van der Waals surface area contributed by atoms with Crippen LogP contribution in [0.25, 0.3) is 0 Å². The fourth-order valence-electron chi connectivity index (χ4n) is 1.54. The van der Waals surface area contributed by atoms with Crippen LogP contribution in [-0.4, -0.2) is 25.0 Å². The molecule has 3 nitrogen and oxygen atoms in total. The highest BCUT2D eigenvalue weighted by molar-refractivity contribution is 7.91. The Morgan fingerprint density at radius 3 is 2.59 bits per heavy atom. The van der Waals surface area contributed by atoms with Gasteiger partial charge in [0.15, 0.2) is 0 Å². The van der Waals surface area contributed by atoms with E-state index in [2.05, 4.69) is 0 Å².